The fraction of sp³-hybridized carbons (Fsp3) is 0.720. The number of benzene rings is 1. The molecule has 188 valence electrons. The molecule has 0 N–H and O–H groups in total. The molecule has 0 radical (unpaired) electrons. The molecule has 0 heterocycles. The van der Waals surface area contributed by atoms with Gasteiger partial charge in [-0.25, -0.2) is 8.51 Å². The van der Waals surface area contributed by atoms with Gasteiger partial charge in [-0.05, 0) is 88.7 Å². The second-order valence-corrected chi connectivity index (χ2v) is 11.2. The first-order chi connectivity index (χ1) is 15.6. The number of rotatable bonds is 12. The maximum atomic E-state index is 13.0. The molecule has 2 rings (SSSR count). The first-order valence-corrected chi connectivity index (χ1v) is 13.0. The van der Waals surface area contributed by atoms with Gasteiger partial charge in [-0.1, -0.05) is 0 Å². The molecule has 7 nitrogen and oxygen atoms in total. The van der Waals surface area contributed by atoms with Crippen molar-refractivity contribution in [2.24, 2.45) is 11.8 Å². The van der Waals surface area contributed by atoms with Gasteiger partial charge in [0.1, 0.15) is 23.3 Å². The molecule has 1 unspecified atom stereocenters. The third-order valence-electron chi connectivity index (χ3n) is 6.45. The van der Waals surface area contributed by atoms with Crippen LogP contribution in [0.5, 0.6) is 5.75 Å². The summed E-state index contributed by atoms with van der Waals surface area (Å²) >= 11 is 0. The zero-order valence-corrected chi connectivity index (χ0v) is 22.4. The Bertz CT molecular complexity index is 771. The monoisotopic (exact) mass is 481 g/mol. The third kappa shape index (κ3) is 8.67. The van der Waals surface area contributed by atoms with Crippen molar-refractivity contribution in [2.45, 2.75) is 44.4 Å². The summed E-state index contributed by atoms with van der Waals surface area (Å²) in [6.07, 6.45) is 4.88. The molecule has 0 aromatic heterocycles. The molecule has 0 aliphatic heterocycles. The van der Waals surface area contributed by atoms with E-state index in [1.807, 2.05) is 45.0 Å². The summed E-state index contributed by atoms with van der Waals surface area (Å²) in [4.78, 5) is 17.4. The summed E-state index contributed by atoms with van der Waals surface area (Å²) in [5.74, 6) is 2.15. The standard InChI is InChI=1S/C25H43N3O4S/c1-19-14-23(31-7)15-20(2)25(19)33(30)28(6)12-13-32-18-24(29)27(5)17-22-10-8-21(9-11-22)16-26(3)4/h14-15,21-22H,8-13,16-18H2,1-7H3. The van der Waals surface area contributed by atoms with Crippen LogP contribution in [0.3, 0.4) is 0 Å². The lowest BCUT2D eigenvalue weighted by Crippen LogP contribution is -2.37. The number of hydrogen-bond donors (Lipinski definition) is 0. The smallest absolute Gasteiger partial charge is 0.248 e. The molecule has 1 aromatic carbocycles. The van der Waals surface area contributed by atoms with Crippen molar-refractivity contribution < 1.29 is 18.5 Å². The van der Waals surface area contributed by atoms with Gasteiger partial charge < -0.3 is 19.3 Å². The summed E-state index contributed by atoms with van der Waals surface area (Å²) in [5, 5.41) is 0. The van der Waals surface area contributed by atoms with Crippen LogP contribution in [-0.4, -0.2) is 92.4 Å². The fourth-order valence-electron chi connectivity index (χ4n) is 4.61. The van der Waals surface area contributed by atoms with Crippen LogP contribution in [0.4, 0.5) is 0 Å². The molecule has 33 heavy (non-hydrogen) atoms. The lowest BCUT2D eigenvalue weighted by molar-refractivity contribution is -0.135. The van der Waals surface area contributed by atoms with Crippen molar-refractivity contribution in [1.82, 2.24) is 14.1 Å². The van der Waals surface area contributed by atoms with Crippen LogP contribution < -0.4 is 4.74 Å². The van der Waals surface area contributed by atoms with Crippen molar-refractivity contribution in [2.75, 3.05) is 68.1 Å². The molecule has 0 saturated heterocycles. The van der Waals surface area contributed by atoms with Gasteiger partial charge in [-0.2, -0.15) is 0 Å². The number of methoxy groups -OCH3 is 1. The van der Waals surface area contributed by atoms with Gasteiger partial charge in [0.25, 0.3) is 0 Å². The highest BCUT2D eigenvalue weighted by atomic mass is 32.2. The number of aryl methyl sites for hydroxylation is 2. The number of amides is 1. The van der Waals surface area contributed by atoms with Crippen LogP contribution in [0.15, 0.2) is 17.0 Å². The number of nitrogens with zero attached hydrogens (tertiary/aromatic N) is 3. The van der Waals surface area contributed by atoms with E-state index in [9.17, 15) is 9.00 Å². The van der Waals surface area contributed by atoms with Gasteiger partial charge in [0.2, 0.25) is 5.91 Å². The van der Waals surface area contributed by atoms with Crippen molar-refractivity contribution in [3.05, 3.63) is 23.3 Å². The van der Waals surface area contributed by atoms with Crippen molar-refractivity contribution in [1.29, 1.82) is 0 Å². The van der Waals surface area contributed by atoms with Crippen LogP contribution in [0.1, 0.15) is 36.8 Å². The summed E-state index contributed by atoms with van der Waals surface area (Å²) in [5.41, 5.74) is 1.87. The van der Waals surface area contributed by atoms with Crippen molar-refractivity contribution >= 4 is 16.9 Å². The molecule has 1 aromatic rings. The van der Waals surface area contributed by atoms with E-state index in [0.29, 0.717) is 19.1 Å². The van der Waals surface area contributed by atoms with Gasteiger partial charge in [0.05, 0.1) is 18.6 Å². The molecular formula is C25H43N3O4S. The number of carbonyl (C=O) groups is 1. The molecule has 8 heteroatoms. The van der Waals surface area contributed by atoms with E-state index in [2.05, 4.69) is 19.0 Å². The van der Waals surface area contributed by atoms with E-state index in [4.69, 9.17) is 9.47 Å². The second-order valence-electron chi connectivity index (χ2n) is 9.67. The third-order valence-corrected chi connectivity index (χ3v) is 8.19. The molecule has 0 spiro atoms. The molecule has 1 atom stereocenters. The van der Waals surface area contributed by atoms with Crippen molar-refractivity contribution in [3.63, 3.8) is 0 Å². The topological polar surface area (TPSA) is 62.3 Å². The zero-order valence-electron chi connectivity index (χ0n) is 21.6. The van der Waals surface area contributed by atoms with Crippen LogP contribution in [0.25, 0.3) is 0 Å². The van der Waals surface area contributed by atoms with E-state index >= 15 is 0 Å². The highest BCUT2D eigenvalue weighted by molar-refractivity contribution is 7.82. The van der Waals surface area contributed by atoms with Gasteiger partial charge >= 0.3 is 0 Å². The normalized spacial score (nSPS) is 19.7. The predicted molar refractivity (Wildman–Crippen MR) is 134 cm³/mol. The van der Waals surface area contributed by atoms with E-state index in [1.54, 1.807) is 11.4 Å². The molecule has 0 bridgehead atoms. The fourth-order valence-corrected chi connectivity index (χ4v) is 5.83. The van der Waals surface area contributed by atoms with Gasteiger partial charge in [0, 0.05) is 33.7 Å². The average Bonchev–Trinajstić information content (AvgIpc) is 2.76. The second kappa shape index (κ2) is 13.4. The van der Waals surface area contributed by atoms with E-state index < -0.39 is 11.0 Å². The quantitative estimate of drug-likeness (QED) is 0.429. The predicted octanol–water partition coefficient (Wildman–Crippen LogP) is 3.11. The molecule has 1 amide bonds. The first kappa shape index (κ1) is 27.8. The molecule has 1 aliphatic carbocycles. The Morgan fingerprint density at radius 1 is 1.00 bits per heavy atom. The summed E-state index contributed by atoms with van der Waals surface area (Å²) in [7, 11) is 8.28. The Kier molecular flexibility index (Phi) is 11.3. The van der Waals surface area contributed by atoms with Crippen LogP contribution in [0, 0.1) is 25.7 Å². The average molecular weight is 482 g/mol. The summed E-state index contributed by atoms with van der Waals surface area (Å²) < 4.78 is 25.7. The number of hydrogen-bond acceptors (Lipinski definition) is 5. The Balaban J connectivity index is 1.70. The van der Waals surface area contributed by atoms with Crippen LogP contribution in [-0.2, 0) is 20.5 Å². The maximum absolute atomic E-state index is 13.0. The Morgan fingerprint density at radius 3 is 2.06 bits per heavy atom. The Labute approximate surface area is 203 Å². The van der Waals surface area contributed by atoms with Gasteiger partial charge in [-0.15, -0.1) is 0 Å². The largest absolute Gasteiger partial charge is 0.497 e. The molecule has 1 aliphatic rings. The van der Waals surface area contributed by atoms with Gasteiger partial charge in [0.15, 0.2) is 0 Å². The van der Waals surface area contributed by atoms with E-state index in [1.165, 1.54) is 25.7 Å². The Hall–Kier alpha value is -1.48. The number of ether oxygens (including phenoxy) is 2. The lowest BCUT2D eigenvalue weighted by atomic mass is 9.81. The van der Waals surface area contributed by atoms with Crippen molar-refractivity contribution in [3.8, 4) is 5.75 Å². The Morgan fingerprint density at radius 2 is 1.55 bits per heavy atom. The SMILES string of the molecule is COc1cc(C)c(S(=O)N(C)CCOCC(=O)N(C)CC2CCC(CN(C)C)CC2)c(C)c1. The molecule has 1 saturated carbocycles. The molecule has 1 fully saturated rings. The van der Waals surface area contributed by atoms with E-state index in [-0.39, 0.29) is 12.5 Å². The first-order valence-electron chi connectivity index (χ1n) is 11.9. The van der Waals surface area contributed by atoms with E-state index in [0.717, 1.165) is 40.8 Å². The molecular weight excluding hydrogens is 438 g/mol. The summed E-state index contributed by atoms with van der Waals surface area (Å²) in [6, 6.07) is 3.79. The van der Waals surface area contributed by atoms with Crippen LogP contribution in [0.2, 0.25) is 0 Å². The zero-order chi connectivity index (χ0) is 24.5. The highest BCUT2D eigenvalue weighted by Crippen LogP contribution is 2.29. The maximum Gasteiger partial charge on any atom is 0.248 e. The van der Waals surface area contributed by atoms with Gasteiger partial charge in [-0.3, -0.25) is 4.79 Å². The highest BCUT2D eigenvalue weighted by Gasteiger charge is 2.24. The van der Waals surface area contributed by atoms with Crippen LogP contribution >= 0.6 is 0 Å². The lowest BCUT2D eigenvalue weighted by Gasteiger charge is -2.32. The number of carbonyl (C=O) groups excluding carboxylic acids is 1. The number of likely N-dealkylation sites (N-methyl/N-ethyl adjacent to an activating group) is 2. The summed E-state index contributed by atoms with van der Waals surface area (Å²) in [6.45, 7) is 6.74. The minimum atomic E-state index is -1.30. The minimum Gasteiger partial charge on any atom is -0.497 e. The minimum absolute atomic E-state index is 0.0102.